The van der Waals surface area contributed by atoms with Gasteiger partial charge in [0.2, 0.25) is 5.95 Å². The van der Waals surface area contributed by atoms with E-state index in [1.807, 2.05) is 50.2 Å². The third-order valence-corrected chi connectivity index (χ3v) is 5.87. The first-order valence-electron chi connectivity index (χ1n) is 11.0. The molecule has 1 aliphatic heterocycles. The number of aryl methyl sites for hydroxylation is 1. The van der Waals surface area contributed by atoms with Crippen molar-refractivity contribution < 1.29 is 14.6 Å². The van der Waals surface area contributed by atoms with Gasteiger partial charge >= 0.3 is 5.97 Å². The Balaban J connectivity index is 1.65. The summed E-state index contributed by atoms with van der Waals surface area (Å²) in [6.07, 6.45) is 3.45. The van der Waals surface area contributed by atoms with Crippen molar-refractivity contribution in [3.05, 3.63) is 54.1 Å². The molecule has 3 aromatic heterocycles. The lowest BCUT2D eigenvalue weighted by molar-refractivity contribution is 0.0691. The Labute approximate surface area is 196 Å². The normalized spacial score (nSPS) is 13.9. The van der Waals surface area contributed by atoms with Crippen LogP contribution in [0.2, 0.25) is 0 Å². The predicted octanol–water partition coefficient (Wildman–Crippen LogP) is 2.79. The van der Waals surface area contributed by atoms with Gasteiger partial charge in [-0.25, -0.2) is 24.4 Å². The minimum atomic E-state index is -1.11. The van der Waals surface area contributed by atoms with Crippen molar-refractivity contribution >= 4 is 28.6 Å². The number of benzene rings is 1. The Bertz CT molecular complexity index is 1360. The number of carboxylic acid groups (broad SMARTS) is 1. The Kier molecular flexibility index (Phi) is 5.58. The topological polar surface area (TPSA) is 110 Å². The van der Waals surface area contributed by atoms with E-state index in [-0.39, 0.29) is 5.69 Å². The summed E-state index contributed by atoms with van der Waals surface area (Å²) in [7, 11) is 3.93. The molecule has 10 nitrogen and oxygen atoms in total. The van der Waals surface area contributed by atoms with E-state index in [2.05, 4.69) is 19.9 Å². The van der Waals surface area contributed by atoms with Gasteiger partial charge in [-0.3, -0.25) is 0 Å². The molecule has 1 aromatic carbocycles. The van der Waals surface area contributed by atoms with Gasteiger partial charge in [0.1, 0.15) is 0 Å². The Morgan fingerprint density at radius 3 is 2.53 bits per heavy atom. The smallest absolute Gasteiger partial charge is 0.354 e. The third kappa shape index (κ3) is 3.92. The number of fused-ring (bicyclic) bond motifs is 1. The first-order chi connectivity index (χ1) is 16.4. The molecule has 1 fully saturated rings. The number of rotatable bonds is 5. The van der Waals surface area contributed by atoms with E-state index in [0.717, 1.165) is 35.5 Å². The second-order valence-electron chi connectivity index (χ2n) is 8.34. The van der Waals surface area contributed by atoms with Gasteiger partial charge < -0.3 is 19.6 Å². The van der Waals surface area contributed by atoms with Crippen molar-refractivity contribution in [3.63, 3.8) is 0 Å². The number of nitrogens with zero attached hydrogens (tertiary/aromatic N) is 7. The van der Waals surface area contributed by atoms with E-state index >= 15 is 0 Å². The van der Waals surface area contributed by atoms with Crippen molar-refractivity contribution in [2.75, 3.05) is 50.2 Å². The summed E-state index contributed by atoms with van der Waals surface area (Å²) in [6.45, 7) is 4.65. The van der Waals surface area contributed by atoms with Crippen molar-refractivity contribution in [1.82, 2.24) is 24.7 Å². The number of pyridine rings is 1. The average Bonchev–Trinajstić information content (AvgIpc) is 3.20. The molecular formula is C24H25N7O3. The largest absolute Gasteiger partial charge is 0.477 e. The van der Waals surface area contributed by atoms with Crippen LogP contribution in [0.1, 0.15) is 16.2 Å². The summed E-state index contributed by atoms with van der Waals surface area (Å²) in [5.74, 6) is -0.481. The van der Waals surface area contributed by atoms with Gasteiger partial charge in [-0.15, -0.1) is 0 Å². The van der Waals surface area contributed by atoms with Gasteiger partial charge in [-0.05, 0) is 31.2 Å². The number of hydrogen-bond acceptors (Lipinski definition) is 8. The second-order valence-corrected chi connectivity index (χ2v) is 8.34. The second kappa shape index (κ2) is 8.71. The molecule has 1 N–H and O–H groups in total. The molecule has 0 bridgehead atoms. The summed E-state index contributed by atoms with van der Waals surface area (Å²) in [5.41, 5.74) is 4.33. The highest BCUT2D eigenvalue weighted by molar-refractivity contribution is 5.99. The highest BCUT2D eigenvalue weighted by Crippen LogP contribution is 2.32. The standard InChI is InChI=1S/C24H25N7O3/c1-15-21-19(16-13-25-24(26-14-16)30-7-9-34-10-8-30)12-20(23(32)33)27-22(21)31(28-15)18-6-4-5-17(11-18)29(2)3/h4-6,11-14H,7-10H2,1-3H3,(H,32,33). The summed E-state index contributed by atoms with van der Waals surface area (Å²) in [4.78, 5) is 29.5. The molecule has 0 radical (unpaired) electrons. The average molecular weight is 460 g/mol. The van der Waals surface area contributed by atoms with Gasteiger partial charge in [0.25, 0.3) is 0 Å². The van der Waals surface area contributed by atoms with Gasteiger partial charge in [-0.2, -0.15) is 5.10 Å². The van der Waals surface area contributed by atoms with E-state index in [4.69, 9.17) is 9.84 Å². The predicted molar refractivity (Wildman–Crippen MR) is 129 cm³/mol. The lowest BCUT2D eigenvalue weighted by Gasteiger charge is -2.26. The molecule has 4 heterocycles. The molecule has 0 amide bonds. The van der Waals surface area contributed by atoms with E-state index in [9.17, 15) is 9.90 Å². The number of aromatic carboxylic acids is 1. The number of carbonyl (C=O) groups is 1. The molecule has 1 aliphatic rings. The number of ether oxygens (including phenoxy) is 1. The van der Waals surface area contributed by atoms with Gasteiger partial charge in [0, 0.05) is 56.4 Å². The minimum Gasteiger partial charge on any atom is -0.477 e. The first-order valence-corrected chi connectivity index (χ1v) is 11.0. The summed E-state index contributed by atoms with van der Waals surface area (Å²) >= 11 is 0. The molecule has 4 aromatic rings. The number of morpholine rings is 1. The lowest BCUT2D eigenvalue weighted by atomic mass is 10.0. The van der Waals surface area contributed by atoms with Crippen LogP contribution in [0.25, 0.3) is 27.8 Å². The molecule has 0 spiro atoms. The molecule has 0 unspecified atom stereocenters. The third-order valence-electron chi connectivity index (χ3n) is 5.87. The highest BCUT2D eigenvalue weighted by atomic mass is 16.5. The van der Waals surface area contributed by atoms with Crippen LogP contribution in [0.4, 0.5) is 11.6 Å². The van der Waals surface area contributed by atoms with E-state index in [1.54, 1.807) is 23.1 Å². The number of aromatic nitrogens is 5. The van der Waals surface area contributed by atoms with Gasteiger partial charge in [0.15, 0.2) is 11.3 Å². The number of anilines is 2. The zero-order valence-corrected chi connectivity index (χ0v) is 19.3. The van der Waals surface area contributed by atoms with E-state index < -0.39 is 5.97 Å². The zero-order chi connectivity index (χ0) is 23.8. The molecule has 174 valence electrons. The van der Waals surface area contributed by atoms with Gasteiger partial charge in [-0.1, -0.05) is 6.07 Å². The Morgan fingerprint density at radius 2 is 1.85 bits per heavy atom. The molecule has 0 aliphatic carbocycles. The molecule has 0 atom stereocenters. The molecule has 5 rings (SSSR count). The van der Waals surface area contributed by atoms with Crippen molar-refractivity contribution in [1.29, 1.82) is 0 Å². The maximum absolute atomic E-state index is 11.9. The number of carboxylic acids is 1. The maximum atomic E-state index is 11.9. The Hall–Kier alpha value is -4.05. The van der Waals surface area contributed by atoms with Crippen LogP contribution in [-0.4, -0.2) is 76.2 Å². The fourth-order valence-corrected chi connectivity index (χ4v) is 4.10. The fourth-order valence-electron chi connectivity index (χ4n) is 4.10. The SMILES string of the molecule is Cc1nn(-c2cccc(N(C)C)c2)c2nc(C(=O)O)cc(-c3cnc(N4CCOCC4)nc3)c12. The van der Waals surface area contributed by atoms with Crippen LogP contribution in [0, 0.1) is 6.92 Å². The molecule has 1 saturated heterocycles. The van der Waals surface area contributed by atoms with Crippen molar-refractivity contribution in [3.8, 4) is 16.8 Å². The van der Waals surface area contributed by atoms with Crippen LogP contribution in [0.3, 0.4) is 0 Å². The Morgan fingerprint density at radius 1 is 1.12 bits per heavy atom. The van der Waals surface area contributed by atoms with E-state index in [1.165, 1.54) is 0 Å². The molecule has 34 heavy (non-hydrogen) atoms. The number of hydrogen-bond donors (Lipinski definition) is 1. The van der Waals surface area contributed by atoms with Crippen LogP contribution in [0.15, 0.2) is 42.7 Å². The minimum absolute atomic E-state index is 0.0651. The summed E-state index contributed by atoms with van der Waals surface area (Å²) in [5, 5.41) is 15.3. The van der Waals surface area contributed by atoms with Crippen molar-refractivity contribution in [2.45, 2.75) is 6.92 Å². The summed E-state index contributed by atoms with van der Waals surface area (Å²) < 4.78 is 7.09. The molecule has 0 saturated carbocycles. The quantitative estimate of drug-likeness (QED) is 0.482. The first kappa shape index (κ1) is 21.8. The lowest BCUT2D eigenvalue weighted by Crippen LogP contribution is -2.37. The highest BCUT2D eigenvalue weighted by Gasteiger charge is 2.21. The van der Waals surface area contributed by atoms with Crippen LogP contribution in [-0.2, 0) is 4.74 Å². The zero-order valence-electron chi connectivity index (χ0n) is 19.3. The van der Waals surface area contributed by atoms with Crippen LogP contribution in [0.5, 0.6) is 0 Å². The molecule has 10 heteroatoms. The fraction of sp³-hybridized carbons (Fsp3) is 0.292. The molecular weight excluding hydrogens is 434 g/mol. The van der Waals surface area contributed by atoms with Gasteiger partial charge in [0.05, 0.1) is 30.0 Å². The van der Waals surface area contributed by atoms with Crippen LogP contribution < -0.4 is 9.80 Å². The monoisotopic (exact) mass is 459 g/mol. The van der Waals surface area contributed by atoms with Crippen molar-refractivity contribution in [2.24, 2.45) is 0 Å². The van der Waals surface area contributed by atoms with E-state index in [0.29, 0.717) is 35.9 Å². The van der Waals surface area contributed by atoms with Crippen LogP contribution >= 0.6 is 0 Å². The summed E-state index contributed by atoms with van der Waals surface area (Å²) in [6, 6.07) is 9.41. The maximum Gasteiger partial charge on any atom is 0.354 e.